The normalized spacial score (nSPS) is 14.7. The fourth-order valence-electron chi connectivity index (χ4n) is 3.18. The molecule has 1 N–H and O–H groups in total. The maximum atomic E-state index is 5.49. The number of anilines is 1. The highest BCUT2D eigenvalue weighted by molar-refractivity contribution is 14.0. The fraction of sp³-hybridized carbons (Fsp3) is 0.474. The molecule has 0 unspecified atom stereocenters. The van der Waals surface area contributed by atoms with Crippen LogP contribution in [0.15, 0.2) is 35.5 Å². The lowest BCUT2D eigenvalue weighted by Gasteiger charge is -2.38. The number of benzene rings is 1. The number of hydrogen-bond donors (Lipinski definition) is 1. The molecule has 0 saturated carbocycles. The van der Waals surface area contributed by atoms with E-state index in [0.717, 1.165) is 56.5 Å². The first-order chi connectivity index (χ1) is 12.7. The quantitative estimate of drug-likeness (QED) is 0.388. The van der Waals surface area contributed by atoms with Crippen molar-refractivity contribution in [1.29, 1.82) is 0 Å². The van der Waals surface area contributed by atoms with Gasteiger partial charge in [-0.05, 0) is 19.1 Å². The Bertz CT molecular complexity index is 743. The Morgan fingerprint density at radius 3 is 2.63 bits per heavy atom. The molecule has 1 aromatic heterocycles. The van der Waals surface area contributed by atoms with Crippen molar-refractivity contribution in [3.63, 3.8) is 0 Å². The zero-order chi connectivity index (χ0) is 18.4. The predicted molar refractivity (Wildman–Crippen MR) is 124 cm³/mol. The van der Waals surface area contributed by atoms with Crippen LogP contribution in [-0.2, 0) is 6.42 Å². The van der Waals surface area contributed by atoms with Crippen LogP contribution < -0.4 is 15.0 Å². The summed E-state index contributed by atoms with van der Waals surface area (Å²) in [4.78, 5) is 14.8. The Morgan fingerprint density at radius 1 is 1.26 bits per heavy atom. The van der Waals surface area contributed by atoms with Crippen molar-refractivity contribution in [2.24, 2.45) is 4.99 Å². The molecular formula is C19H28IN5OS. The molecule has 1 aromatic carbocycles. The van der Waals surface area contributed by atoms with E-state index in [0.29, 0.717) is 0 Å². The van der Waals surface area contributed by atoms with E-state index in [1.54, 1.807) is 18.4 Å². The Morgan fingerprint density at radius 2 is 2.00 bits per heavy atom. The van der Waals surface area contributed by atoms with Crippen LogP contribution in [0, 0.1) is 6.92 Å². The Labute approximate surface area is 182 Å². The molecule has 8 heteroatoms. The van der Waals surface area contributed by atoms with E-state index in [-0.39, 0.29) is 24.0 Å². The minimum absolute atomic E-state index is 0. The first kappa shape index (κ1) is 21.7. The van der Waals surface area contributed by atoms with E-state index in [4.69, 9.17) is 4.74 Å². The predicted octanol–water partition coefficient (Wildman–Crippen LogP) is 3.02. The summed E-state index contributed by atoms with van der Waals surface area (Å²) in [5, 5.41) is 4.65. The molecule has 0 bridgehead atoms. The molecule has 1 aliphatic heterocycles. The number of hydrogen-bond acceptors (Lipinski definition) is 5. The average Bonchev–Trinajstić information content (AvgIpc) is 3.10. The second-order valence-electron chi connectivity index (χ2n) is 6.23. The molecule has 148 valence electrons. The molecule has 0 amide bonds. The lowest BCUT2D eigenvalue weighted by molar-refractivity contribution is 0.367. The minimum Gasteiger partial charge on any atom is -0.495 e. The number of guanidine groups is 1. The van der Waals surface area contributed by atoms with Gasteiger partial charge < -0.3 is 19.9 Å². The van der Waals surface area contributed by atoms with E-state index >= 15 is 0 Å². The minimum atomic E-state index is 0. The van der Waals surface area contributed by atoms with Crippen LogP contribution in [0.2, 0.25) is 0 Å². The van der Waals surface area contributed by atoms with Crippen LogP contribution in [0.5, 0.6) is 5.75 Å². The first-order valence-corrected chi connectivity index (χ1v) is 9.78. The number of para-hydroxylation sites is 2. The number of halogens is 1. The van der Waals surface area contributed by atoms with Crippen molar-refractivity contribution in [2.75, 3.05) is 51.8 Å². The molecule has 0 spiro atoms. The Kier molecular flexibility index (Phi) is 8.62. The Hall–Kier alpha value is -1.55. The summed E-state index contributed by atoms with van der Waals surface area (Å²) in [5.41, 5.74) is 1.16. The molecular weight excluding hydrogens is 473 g/mol. The summed E-state index contributed by atoms with van der Waals surface area (Å²) in [5.74, 6) is 1.90. The van der Waals surface area contributed by atoms with E-state index < -0.39 is 0 Å². The highest BCUT2D eigenvalue weighted by Gasteiger charge is 2.21. The van der Waals surface area contributed by atoms with Crippen molar-refractivity contribution in [3.05, 3.63) is 40.3 Å². The topological polar surface area (TPSA) is 53.0 Å². The summed E-state index contributed by atoms with van der Waals surface area (Å²) in [6.45, 7) is 6.72. The van der Waals surface area contributed by atoms with E-state index in [1.165, 1.54) is 9.88 Å². The number of nitrogens with one attached hydrogen (secondary N) is 1. The van der Waals surface area contributed by atoms with Crippen LogP contribution >= 0.6 is 35.3 Å². The first-order valence-electron chi connectivity index (χ1n) is 8.96. The highest BCUT2D eigenvalue weighted by Crippen LogP contribution is 2.28. The molecule has 0 radical (unpaired) electrons. The van der Waals surface area contributed by atoms with Gasteiger partial charge in [-0.1, -0.05) is 12.1 Å². The molecule has 6 nitrogen and oxygen atoms in total. The largest absolute Gasteiger partial charge is 0.495 e. The van der Waals surface area contributed by atoms with Crippen molar-refractivity contribution >= 4 is 47.0 Å². The third-order valence-corrected chi connectivity index (χ3v) is 5.48. The number of aromatic nitrogens is 1. The molecule has 1 aliphatic rings. The van der Waals surface area contributed by atoms with Gasteiger partial charge in [0.25, 0.3) is 0 Å². The van der Waals surface area contributed by atoms with E-state index in [1.807, 2.05) is 25.4 Å². The Balaban J connectivity index is 0.00000261. The molecule has 0 aliphatic carbocycles. The van der Waals surface area contributed by atoms with Crippen molar-refractivity contribution in [2.45, 2.75) is 13.3 Å². The third-order valence-electron chi connectivity index (χ3n) is 4.51. The van der Waals surface area contributed by atoms with Gasteiger partial charge in [-0.2, -0.15) is 0 Å². The standard InChI is InChI=1S/C19H27N5OS.HI/c1-15-14-22-18(26-15)8-9-21-19(20-2)24-12-10-23(11-13-24)16-6-4-5-7-17(16)25-3;/h4-7,14H,8-13H2,1-3H3,(H,20,21);1H. The highest BCUT2D eigenvalue weighted by atomic mass is 127. The van der Waals surface area contributed by atoms with Crippen molar-refractivity contribution in [3.8, 4) is 5.75 Å². The number of aliphatic imine (C=N–C) groups is 1. The van der Waals surface area contributed by atoms with Crippen LogP contribution in [0.1, 0.15) is 9.88 Å². The van der Waals surface area contributed by atoms with Gasteiger partial charge in [0.1, 0.15) is 5.75 Å². The number of piperazine rings is 1. The molecule has 3 rings (SSSR count). The summed E-state index contributed by atoms with van der Waals surface area (Å²) in [6.07, 6.45) is 2.87. The van der Waals surface area contributed by atoms with E-state index in [2.05, 4.69) is 44.1 Å². The average molecular weight is 501 g/mol. The van der Waals surface area contributed by atoms with Gasteiger partial charge in [0.15, 0.2) is 5.96 Å². The van der Waals surface area contributed by atoms with Crippen LogP contribution in [0.4, 0.5) is 5.69 Å². The van der Waals surface area contributed by atoms with Crippen molar-refractivity contribution in [1.82, 2.24) is 15.2 Å². The van der Waals surface area contributed by atoms with Gasteiger partial charge in [0, 0.05) is 57.3 Å². The monoisotopic (exact) mass is 501 g/mol. The van der Waals surface area contributed by atoms with Crippen LogP contribution in [0.25, 0.3) is 0 Å². The molecule has 2 heterocycles. The van der Waals surface area contributed by atoms with Gasteiger partial charge in [0.05, 0.1) is 17.8 Å². The van der Waals surface area contributed by atoms with Gasteiger partial charge in [-0.25, -0.2) is 4.98 Å². The van der Waals surface area contributed by atoms with E-state index in [9.17, 15) is 0 Å². The molecule has 1 fully saturated rings. The van der Waals surface area contributed by atoms with Gasteiger partial charge in [0.2, 0.25) is 0 Å². The number of rotatable bonds is 5. The zero-order valence-corrected chi connectivity index (χ0v) is 19.3. The maximum absolute atomic E-state index is 5.49. The summed E-state index contributed by atoms with van der Waals surface area (Å²) < 4.78 is 5.49. The third kappa shape index (κ3) is 5.71. The van der Waals surface area contributed by atoms with Crippen LogP contribution in [0.3, 0.4) is 0 Å². The van der Waals surface area contributed by atoms with Gasteiger partial charge in [-0.3, -0.25) is 4.99 Å². The van der Waals surface area contributed by atoms with Crippen molar-refractivity contribution < 1.29 is 4.74 Å². The number of ether oxygens (including phenoxy) is 1. The number of nitrogens with zero attached hydrogens (tertiary/aromatic N) is 4. The van der Waals surface area contributed by atoms with Gasteiger partial charge in [-0.15, -0.1) is 35.3 Å². The lowest BCUT2D eigenvalue weighted by Crippen LogP contribution is -2.52. The smallest absolute Gasteiger partial charge is 0.193 e. The molecule has 0 atom stereocenters. The van der Waals surface area contributed by atoms with Crippen LogP contribution in [-0.4, -0.2) is 62.7 Å². The number of aryl methyl sites for hydroxylation is 1. The lowest BCUT2D eigenvalue weighted by atomic mass is 10.2. The summed E-state index contributed by atoms with van der Waals surface area (Å²) in [7, 11) is 3.58. The van der Waals surface area contributed by atoms with Gasteiger partial charge >= 0.3 is 0 Å². The second-order valence-corrected chi connectivity index (χ2v) is 7.55. The zero-order valence-electron chi connectivity index (χ0n) is 16.1. The molecule has 2 aromatic rings. The summed E-state index contributed by atoms with van der Waals surface area (Å²) >= 11 is 1.76. The SMILES string of the molecule is CN=C(NCCc1ncc(C)s1)N1CCN(c2ccccc2OC)CC1.I. The number of thiazole rings is 1. The second kappa shape index (κ2) is 10.7. The summed E-state index contributed by atoms with van der Waals surface area (Å²) in [6, 6.07) is 8.21. The maximum Gasteiger partial charge on any atom is 0.193 e. The molecule has 1 saturated heterocycles. The fourth-order valence-corrected chi connectivity index (χ4v) is 3.97. The number of methoxy groups -OCH3 is 1. The molecule has 27 heavy (non-hydrogen) atoms.